The lowest BCUT2D eigenvalue weighted by atomic mass is 10.2. The molecule has 2 amide bonds. The number of anilines is 2. The molecule has 0 aromatic heterocycles. The largest absolute Gasteiger partial charge is 0.486 e. The maximum atomic E-state index is 13.2. The molecule has 148 valence electrons. The Kier molecular flexibility index (Phi) is 6.44. The van der Waals surface area contributed by atoms with Gasteiger partial charge in [0.25, 0.3) is 11.8 Å². The quantitative estimate of drug-likeness (QED) is 0.663. The van der Waals surface area contributed by atoms with Gasteiger partial charge in [0.05, 0.1) is 6.54 Å². The first-order chi connectivity index (χ1) is 13.5. The van der Waals surface area contributed by atoms with Crippen LogP contribution in [0.2, 0.25) is 0 Å². The van der Waals surface area contributed by atoms with Crippen molar-refractivity contribution >= 4 is 23.2 Å². The van der Waals surface area contributed by atoms with E-state index in [0.29, 0.717) is 42.6 Å². The lowest BCUT2D eigenvalue weighted by Crippen LogP contribution is -3.13. The van der Waals surface area contributed by atoms with Crippen molar-refractivity contribution in [3.8, 4) is 11.5 Å². The van der Waals surface area contributed by atoms with Crippen molar-refractivity contribution in [3.05, 3.63) is 48.3 Å². The van der Waals surface area contributed by atoms with Crippen LogP contribution < -0.4 is 25.0 Å². The van der Waals surface area contributed by atoms with Crippen LogP contribution in [0.15, 0.2) is 42.5 Å². The van der Waals surface area contributed by atoms with Gasteiger partial charge in [0.1, 0.15) is 19.0 Å². The predicted octanol–water partition coefficient (Wildman–Crippen LogP) is 1.08. The van der Waals surface area contributed by atoms with E-state index >= 15 is 0 Å². The summed E-state index contributed by atoms with van der Waals surface area (Å²) in [6, 6.07) is 10.9. The molecular formula is C20H23FN3O4+. The molecule has 1 unspecified atom stereocenters. The lowest BCUT2D eigenvalue weighted by Gasteiger charge is -2.20. The topological polar surface area (TPSA) is 81.1 Å². The van der Waals surface area contributed by atoms with Gasteiger partial charge in [-0.2, -0.15) is 0 Å². The van der Waals surface area contributed by atoms with Crippen LogP contribution in [0.1, 0.15) is 6.92 Å². The average molecular weight is 388 g/mol. The van der Waals surface area contributed by atoms with Gasteiger partial charge in [-0.25, -0.2) is 4.39 Å². The summed E-state index contributed by atoms with van der Waals surface area (Å²) in [4.78, 5) is 25.3. The minimum atomic E-state index is -0.420. The van der Waals surface area contributed by atoms with Crippen LogP contribution in [0.25, 0.3) is 0 Å². The Morgan fingerprint density at radius 3 is 2.25 bits per heavy atom. The molecule has 7 nitrogen and oxygen atoms in total. The molecule has 0 bridgehead atoms. The average Bonchev–Trinajstić information content (AvgIpc) is 2.67. The number of benzene rings is 2. The van der Waals surface area contributed by atoms with E-state index in [1.165, 1.54) is 18.2 Å². The summed E-state index contributed by atoms with van der Waals surface area (Å²) >= 11 is 0. The second kappa shape index (κ2) is 9.18. The summed E-state index contributed by atoms with van der Waals surface area (Å²) < 4.78 is 24.2. The van der Waals surface area contributed by atoms with Crippen LogP contribution in [-0.4, -0.2) is 44.7 Å². The van der Waals surface area contributed by atoms with Crippen LogP contribution >= 0.6 is 0 Å². The normalized spacial score (nSPS) is 13.5. The van der Waals surface area contributed by atoms with E-state index in [0.717, 1.165) is 4.90 Å². The summed E-state index contributed by atoms with van der Waals surface area (Å²) in [7, 11) is 0. The molecule has 3 rings (SSSR count). The zero-order valence-electron chi connectivity index (χ0n) is 15.6. The third-order valence-electron chi connectivity index (χ3n) is 4.26. The summed E-state index contributed by atoms with van der Waals surface area (Å²) in [5.41, 5.74) is 0.995. The van der Waals surface area contributed by atoms with Gasteiger partial charge >= 0.3 is 0 Å². The molecule has 2 aromatic carbocycles. The molecule has 0 fully saturated rings. The minimum absolute atomic E-state index is 0.0988. The van der Waals surface area contributed by atoms with E-state index in [2.05, 4.69) is 10.6 Å². The molecule has 0 radical (unpaired) electrons. The Labute approximate surface area is 162 Å². The van der Waals surface area contributed by atoms with Crippen LogP contribution in [-0.2, 0) is 9.59 Å². The third-order valence-corrected chi connectivity index (χ3v) is 4.26. The maximum absolute atomic E-state index is 13.2. The smallest absolute Gasteiger partial charge is 0.279 e. The molecule has 3 N–H and O–H groups in total. The van der Waals surface area contributed by atoms with Gasteiger partial charge in [-0.05, 0) is 37.3 Å². The minimum Gasteiger partial charge on any atom is -0.486 e. The lowest BCUT2D eigenvalue weighted by molar-refractivity contribution is -0.881. The monoisotopic (exact) mass is 388 g/mol. The highest BCUT2D eigenvalue weighted by Gasteiger charge is 2.18. The first-order valence-corrected chi connectivity index (χ1v) is 9.12. The van der Waals surface area contributed by atoms with E-state index < -0.39 is 5.82 Å². The van der Waals surface area contributed by atoms with Gasteiger partial charge in [-0.3, -0.25) is 9.59 Å². The molecule has 1 aliphatic rings. The molecule has 1 atom stereocenters. The number of hydrogen-bond donors (Lipinski definition) is 3. The Hall–Kier alpha value is -3.13. The maximum Gasteiger partial charge on any atom is 0.279 e. The molecule has 0 spiro atoms. The van der Waals surface area contributed by atoms with Crippen LogP contribution in [0.5, 0.6) is 11.5 Å². The Morgan fingerprint density at radius 2 is 1.61 bits per heavy atom. The number of ether oxygens (including phenoxy) is 2. The summed E-state index contributed by atoms with van der Waals surface area (Å²) in [6.45, 7) is 3.68. The molecular weight excluding hydrogens is 365 g/mol. The zero-order valence-corrected chi connectivity index (χ0v) is 15.6. The molecule has 0 saturated heterocycles. The molecule has 2 aromatic rings. The standard InChI is InChI=1S/C20H22FN3O4/c1-2-24(12-19(25)22-15-5-3-4-14(21)10-15)13-20(26)23-16-6-7-17-18(11-16)28-9-8-27-17/h3-7,10-11H,2,8-9,12-13H2,1H3,(H,22,25)(H,23,26)/p+1. The second-order valence-electron chi connectivity index (χ2n) is 6.42. The second-order valence-corrected chi connectivity index (χ2v) is 6.42. The molecule has 0 saturated carbocycles. The number of amides is 2. The van der Waals surface area contributed by atoms with E-state index in [9.17, 15) is 14.0 Å². The van der Waals surface area contributed by atoms with Gasteiger partial charge in [0.15, 0.2) is 24.6 Å². The summed E-state index contributed by atoms with van der Waals surface area (Å²) in [5.74, 6) is 0.329. The van der Waals surface area contributed by atoms with Crippen LogP contribution in [0, 0.1) is 5.82 Å². The molecule has 1 heterocycles. The number of carbonyl (C=O) groups excluding carboxylic acids is 2. The van der Waals surface area contributed by atoms with Crippen molar-refractivity contribution < 1.29 is 28.4 Å². The van der Waals surface area contributed by atoms with E-state index in [4.69, 9.17) is 9.47 Å². The Bertz CT molecular complexity index is 859. The molecule has 8 heteroatoms. The van der Waals surface area contributed by atoms with Crippen molar-refractivity contribution in [1.29, 1.82) is 0 Å². The fourth-order valence-corrected chi connectivity index (χ4v) is 2.86. The van der Waals surface area contributed by atoms with E-state index in [-0.39, 0.29) is 24.9 Å². The van der Waals surface area contributed by atoms with Gasteiger partial charge in [0, 0.05) is 17.4 Å². The van der Waals surface area contributed by atoms with E-state index in [1.54, 1.807) is 24.3 Å². The zero-order chi connectivity index (χ0) is 19.9. The molecule has 28 heavy (non-hydrogen) atoms. The van der Waals surface area contributed by atoms with Crippen LogP contribution in [0.4, 0.5) is 15.8 Å². The summed E-state index contributed by atoms with van der Waals surface area (Å²) in [6.07, 6.45) is 0. The number of carbonyl (C=O) groups is 2. The molecule has 0 aliphatic carbocycles. The number of hydrogen-bond acceptors (Lipinski definition) is 4. The highest BCUT2D eigenvalue weighted by molar-refractivity contribution is 5.93. The highest BCUT2D eigenvalue weighted by Crippen LogP contribution is 2.32. The predicted molar refractivity (Wildman–Crippen MR) is 102 cm³/mol. The van der Waals surface area contributed by atoms with Crippen molar-refractivity contribution in [3.63, 3.8) is 0 Å². The van der Waals surface area contributed by atoms with Gasteiger partial charge in [-0.15, -0.1) is 0 Å². The fraction of sp³-hybridized carbons (Fsp3) is 0.300. The van der Waals surface area contributed by atoms with Crippen molar-refractivity contribution in [2.24, 2.45) is 0 Å². The Balaban J connectivity index is 1.52. The number of fused-ring (bicyclic) bond motifs is 1. The number of nitrogens with one attached hydrogen (secondary N) is 3. The molecule has 1 aliphatic heterocycles. The highest BCUT2D eigenvalue weighted by atomic mass is 19.1. The number of quaternary nitrogens is 1. The van der Waals surface area contributed by atoms with Crippen molar-refractivity contribution in [2.75, 3.05) is 43.5 Å². The van der Waals surface area contributed by atoms with Crippen molar-refractivity contribution in [2.45, 2.75) is 6.92 Å². The first kappa shape index (κ1) is 19.6. The Morgan fingerprint density at radius 1 is 0.964 bits per heavy atom. The van der Waals surface area contributed by atoms with Crippen LogP contribution in [0.3, 0.4) is 0 Å². The SMILES string of the molecule is CC[NH+](CC(=O)Nc1cccc(F)c1)CC(=O)Nc1ccc2c(c1)OCCO2. The number of likely N-dealkylation sites (N-methyl/N-ethyl adjacent to an activating group) is 1. The number of rotatable bonds is 7. The third kappa shape index (κ3) is 5.43. The van der Waals surface area contributed by atoms with Gasteiger partial charge in [0.2, 0.25) is 0 Å². The van der Waals surface area contributed by atoms with E-state index in [1.807, 2.05) is 6.92 Å². The fourth-order valence-electron chi connectivity index (χ4n) is 2.86. The summed E-state index contributed by atoms with van der Waals surface area (Å²) in [5, 5.41) is 5.45. The van der Waals surface area contributed by atoms with Crippen molar-refractivity contribution in [1.82, 2.24) is 0 Å². The van der Waals surface area contributed by atoms with Gasteiger partial charge < -0.3 is 25.0 Å². The van der Waals surface area contributed by atoms with Gasteiger partial charge in [-0.1, -0.05) is 6.07 Å². The first-order valence-electron chi connectivity index (χ1n) is 9.12. The number of halogens is 1.